The smallest absolute Gasteiger partial charge is 0.212 e. The number of piperidine rings is 1. The van der Waals surface area contributed by atoms with Crippen molar-refractivity contribution < 1.29 is 8.42 Å². The Morgan fingerprint density at radius 2 is 2.00 bits per heavy atom. The summed E-state index contributed by atoms with van der Waals surface area (Å²) in [5, 5.41) is 0. The zero-order chi connectivity index (χ0) is 13.0. The van der Waals surface area contributed by atoms with Crippen LogP contribution >= 0.6 is 0 Å². The van der Waals surface area contributed by atoms with Crippen molar-refractivity contribution in [3.63, 3.8) is 0 Å². The van der Waals surface area contributed by atoms with Crippen LogP contribution in [0.25, 0.3) is 0 Å². The van der Waals surface area contributed by atoms with Gasteiger partial charge in [0.15, 0.2) is 0 Å². The molecule has 18 heavy (non-hydrogen) atoms. The molecule has 0 spiro atoms. The molecule has 0 saturated carbocycles. The van der Waals surface area contributed by atoms with Gasteiger partial charge in [0.05, 0.1) is 5.75 Å². The molecule has 3 nitrogen and oxygen atoms in total. The lowest BCUT2D eigenvalue weighted by atomic mass is 9.97. The first-order valence-corrected chi connectivity index (χ1v) is 8.24. The molecule has 4 heteroatoms. The maximum atomic E-state index is 12.3. The van der Waals surface area contributed by atoms with E-state index < -0.39 is 10.0 Å². The summed E-state index contributed by atoms with van der Waals surface area (Å²) in [5.74, 6) is 0.661. The van der Waals surface area contributed by atoms with E-state index in [1.165, 1.54) is 0 Å². The van der Waals surface area contributed by atoms with Crippen LogP contribution in [0.3, 0.4) is 0 Å². The van der Waals surface area contributed by atoms with Crippen LogP contribution in [0, 0.1) is 5.92 Å². The lowest BCUT2D eigenvalue weighted by molar-refractivity contribution is 0.261. The normalized spacial score (nSPS) is 21.9. The molecule has 1 heterocycles. The second kappa shape index (κ2) is 5.85. The lowest BCUT2D eigenvalue weighted by Gasteiger charge is -2.31. The summed E-state index contributed by atoms with van der Waals surface area (Å²) in [6, 6.07) is 9.42. The van der Waals surface area contributed by atoms with Gasteiger partial charge in [0.25, 0.3) is 0 Å². The highest BCUT2D eigenvalue weighted by atomic mass is 32.2. The van der Waals surface area contributed by atoms with Gasteiger partial charge in [-0.1, -0.05) is 43.7 Å². The Morgan fingerprint density at radius 3 is 2.67 bits per heavy atom. The molecule has 0 amide bonds. The average molecular weight is 267 g/mol. The van der Waals surface area contributed by atoms with Crippen molar-refractivity contribution in [2.24, 2.45) is 5.92 Å². The van der Waals surface area contributed by atoms with Crippen LogP contribution in [0.5, 0.6) is 0 Å². The van der Waals surface area contributed by atoms with Gasteiger partial charge in [-0.25, -0.2) is 12.7 Å². The van der Waals surface area contributed by atoms with E-state index in [1.54, 1.807) is 4.31 Å². The van der Waals surface area contributed by atoms with E-state index >= 15 is 0 Å². The van der Waals surface area contributed by atoms with Crippen molar-refractivity contribution in [2.45, 2.75) is 31.9 Å². The second-order valence-corrected chi connectivity index (χ2v) is 6.99. The zero-order valence-electron chi connectivity index (χ0n) is 10.9. The van der Waals surface area contributed by atoms with Gasteiger partial charge < -0.3 is 0 Å². The highest BCUT2D eigenvalue weighted by molar-refractivity contribution is 7.88. The van der Waals surface area contributed by atoms with E-state index in [0.29, 0.717) is 19.0 Å². The Labute approximate surface area is 110 Å². The molecule has 1 aliphatic heterocycles. The maximum Gasteiger partial charge on any atom is 0.218 e. The quantitative estimate of drug-likeness (QED) is 0.841. The number of sulfonamides is 1. The van der Waals surface area contributed by atoms with Gasteiger partial charge in [-0.05, 0) is 24.3 Å². The Bertz CT molecular complexity index is 470. The topological polar surface area (TPSA) is 37.4 Å². The Morgan fingerprint density at radius 1 is 1.28 bits per heavy atom. The number of nitrogens with zero attached hydrogens (tertiary/aromatic N) is 1. The van der Waals surface area contributed by atoms with Crippen LogP contribution in [0.4, 0.5) is 0 Å². The Hall–Kier alpha value is -0.870. The first-order chi connectivity index (χ1) is 8.62. The van der Waals surface area contributed by atoms with Crippen molar-refractivity contribution >= 4 is 10.0 Å². The average Bonchev–Trinajstić information content (AvgIpc) is 2.39. The fourth-order valence-electron chi connectivity index (χ4n) is 2.49. The zero-order valence-corrected chi connectivity index (χ0v) is 11.7. The maximum absolute atomic E-state index is 12.3. The van der Waals surface area contributed by atoms with Crippen molar-refractivity contribution in [1.82, 2.24) is 4.31 Å². The van der Waals surface area contributed by atoms with Gasteiger partial charge in [0.2, 0.25) is 10.0 Å². The summed E-state index contributed by atoms with van der Waals surface area (Å²) < 4.78 is 26.4. The predicted molar refractivity (Wildman–Crippen MR) is 73.7 cm³/mol. The fourth-order valence-corrected chi connectivity index (χ4v) is 4.13. The highest BCUT2D eigenvalue weighted by Gasteiger charge is 2.28. The molecule has 100 valence electrons. The van der Waals surface area contributed by atoms with E-state index in [1.807, 2.05) is 30.3 Å². The van der Waals surface area contributed by atoms with Crippen molar-refractivity contribution in [3.8, 4) is 0 Å². The monoisotopic (exact) mass is 267 g/mol. The van der Waals surface area contributed by atoms with Gasteiger partial charge in [-0.15, -0.1) is 0 Å². The minimum absolute atomic E-state index is 0.129. The van der Waals surface area contributed by atoms with Gasteiger partial charge in [0.1, 0.15) is 0 Å². The van der Waals surface area contributed by atoms with Crippen molar-refractivity contribution in [2.75, 3.05) is 13.1 Å². The van der Waals surface area contributed by atoms with E-state index in [-0.39, 0.29) is 5.75 Å². The van der Waals surface area contributed by atoms with Crippen LogP contribution < -0.4 is 0 Å². The van der Waals surface area contributed by atoms with Crippen LogP contribution in [0.2, 0.25) is 0 Å². The van der Waals surface area contributed by atoms with Crippen LogP contribution in [-0.4, -0.2) is 25.8 Å². The second-order valence-electron chi connectivity index (χ2n) is 5.02. The summed E-state index contributed by atoms with van der Waals surface area (Å²) in [4.78, 5) is 0. The van der Waals surface area contributed by atoms with E-state index in [0.717, 1.165) is 24.8 Å². The molecule has 1 fully saturated rings. The Balaban J connectivity index is 2.06. The number of hydrogen-bond donors (Lipinski definition) is 0. The van der Waals surface area contributed by atoms with E-state index in [4.69, 9.17) is 0 Å². The van der Waals surface area contributed by atoms with Gasteiger partial charge in [-0.2, -0.15) is 0 Å². The third-order valence-electron chi connectivity index (χ3n) is 3.64. The molecule has 0 bridgehead atoms. The number of benzene rings is 1. The fraction of sp³-hybridized carbons (Fsp3) is 0.571. The summed E-state index contributed by atoms with van der Waals surface area (Å²) in [6.07, 6.45) is 3.22. The molecule has 0 N–H and O–H groups in total. The lowest BCUT2D eigenvalue weighted by Crippen LogP contribution is -2.40. The predicted octanol–water partition coefficient (Wildman–Crippen LogP) is 2.64. The molecule has 0 aromatic heterocycles. The summed E-state index contributed by atoms with van der Waals surface area (Å²) >= 11 is 0. The third kappa shape index (κ3) is 3.33. The summed E-state index contributed by atoms with van der Waals surface area (Å²) in [5.41, 5.74) is 0.871. The van der Waals surface area contributed by atoms with Crippen LogP contribution in [0.1, 0.15) is 31.7 Å². The molecule has 1 atom stereocenters. The van der Waals surface area contributed by atoms with Gasteiger partial charge in [0, 0.05) is 13.1 Å². The first kappa shape index (κ1) is 13.6. The molecule has 0 aliphatic carbocycles. The molecular formula is C14H21NO2S. The van der Waals surface area contributed by atoms with Crippen molar-refractivity contribution in [3.05, 3.63) is 35.9 Å². The third-order valence-corrected chi connectivity index (χ3v) is 5.46. The SMILES string of the molecule is CC[C@@H]1CCCN(S(=O)(=O)Cc2ccccc2)C1. The van der Waals surface area contributed by atoms with Gasteiger partial charge >= 0.3 is 0 Å². The molecule has 1 aromatic carbocycles. The molecule has 1 saturated heterocycles. The first-order valence-electron chi connectivity index (χ1n) is 6.63. The Kier molecular flexibility index (Phi) is 4.40. The minimum Gasteiger partial charge on any atom is -0.212 e. The highest BCUT2D eigenvalue weighted by Crippen LogP contribution is 2.23. The molecule has 0 radical (unpaired) electrons. The van der Waals surface area contributed by atoms with E-state index in [9.17, 15) is 8.42 Å². The standard InChI is InChI=1S/C14H21NO2S/c1-2-13-9-6-10-15(11-13)18(16,17)12-14-7-4-3-5-8-14/h3-5,7-8,13H,2,6,9-12H2,1H3/t13-/m1/s1. The summed E-state index contributed by atoms with van der Waals surface area (Å²) in [6.45, 7) is 3.52. The molecule has 1 aromatic rings. The van der Waals surface area contributed by atoms with E-state index in [2.05, 4.69) is 6.92 Å². The van der Waals surface area contributed by atoms with Crippen LogP contribution in [-0.2, 0) is 15.8 Å². The van der Waals surface area contributed by atoms with Crippen molar-refractivity contribution in [1.29, 1.82) is 0 Å². The molecule has 1 aliphatic rings. The summed E-state index contributed by atoms with van der Waals surface area (Å²) in [7, 11) is -3.15. The van der Waals surface area contributed by atoms with Gasteiger partial charge in [-0.3, -0.25) is 0 Å². The molecule has 0 unspecified atom stereocenters. The van der Waals surface area contributed by atoms with Crippen LogP contribution in [0.15, 0.2) is 30.3 Å². The number of rotatable bonds is 4. The largest absolute Gasteiger partial charge is 0.218 e. The molecular weight excluding hydrogens is 246 g/mol. The molecule has 2 rings (SSSR count). The minimum atomic E-state index is -3.15. The number of hydrogen-bond acceptors (Lipinski definition) is 2.